The third kappa shape index (κ3) is 4.87. The summed E-state index contributed by atoms with van der Waals surface area (Å²) in [4.78, 5) is 15.0. The fourth-order valence-electron chi connectivity index (χ4n) is 4.83. The van der Waals surface area contributed by atoms with Gasteiger partial charge in [0.1, 0.15) is 0 Å². The minimum Gasteiger partial charge on any atom is -0.399 e. The zero-order valence-electron chi connectivity index (χ0n) is 19.2. The Balaban J connectivity index is 0.00000274. The molecule has 0 radical (unpaired) electrons. The van der Waals surface area contributed by atoms with Crippen molar-refractivity contribution in [3.63, 3.8) is 0 Å². The smallest absolute Gasteiger partial charge is 0.251 e. The number of nitrogens with two attached hydrogens (primary N) is 1. The molecule has 1 heterocycles. The Bertz CT molecular complexity index is 1180. The summed E-state index contributed by atoms with van der Waals surface area (Å²) in [5.41, 5.74) is 14.8. The number of piperidine rings is 1. The number of allylic oxidation sites excluding steroid dienone is 1. The van der Waals surface area contributed by atoms with Crippen LogP contribution in [-0.4, -0.2) is 30.4 Å². The molecule has 1 aliphatic heterocycles. The van der Waals surface area contributed by atoms with Crippen LogP contribution in [-0.2, 0) is 0 Å². The Hall–Kier alpha value is -3.50. The van der Waals surface area contributed by atoms with Crippen LogP contribution in [0, 0.1) is 0 Å². The highest BCUT2D eigenvalue weighted by atomic mass is 35.5. The Labute approximate surface area is 207 Å². The number of nitrogens with zero attached hydrogens (tertiary/aromatic N) is 1. The van der Waals surface area contributed by atoms with Gasteiger partial charge in [-0.25, -0.2) is 0 Å². The highest BCUT2D eigenvalue weighted by Gasteiger charge is 2.24. The molecule has 5 rings (SSSR count). The molecule has 3 N–H and O–H groups in total. The molecule has 5 heteroatoms. The van der Waals surface area contributed by atoms with Crippen molar-refractivity contribution in [2.45, 2.75) is 19.3 Å². The summed E-state index contributed by atoms with van der Waals surface area (Å²) >= 11 is 0. The average molecular weight is 472 g/mol. The quantitative estimate of drug-likeness (QED) is 0.367. The highest BCUT2D eigenvalue weighted by molar-refractivity contribution is 5.95. The first-order valence-electron chi connectivity index (χ1n) is 11.7. The van der Waals surface area contributed by atoms with E-state index in [1.54, 1.807) is 24.3 Å². The first kappa shape index (κ1) is 23.7. The second-order valence-corrected chi connectivity index (χ2v) is 8.65. The number of carbonyl (C=O) groups excluding carboxylic acids is 1. The number of rotatable bonds is 4. The van der Waals surface area contributed by atoms with E-state index >= 15 is 0 Å². The van der Waals surface area contributed by atoms with Crippen molar-refractivity contribution >= 4 is 41.7 Å². The van der Waals surface area contributed by atoms with Crippen LogP contribution < -0.4 is 11.1 Å². The summed E-state index contributed by atoms with van der Waals surface area (Å²) in [5, 5.41) is 3.08. The maximum atomic E-state index is 12.6. The van der Waals surface area contributed by atoms with Gasteiger partial charge < -0.3 is 16.0 Å². The minimum atomic E-state index is -0.0597. The Morgan fingerprint density at radius 2 is 1.47 bits per heavy atom. The number of carbonyl (C=O) groups is 1. The maximum absolute atomic E-state index is 12.6. The third-order valence-electron chi connectivity index (χ3n) is 6.50. The lowest BCUT2D eigenvalue weighted by molar-refractivity contribution is 0.0949. The fraction of sp³-hybridized carbons (Fsp3) is 0.207. The summed E-state index contributed by atoms with van der Waals surface area (Å²) in [6.07, 6.45) is 7.85. The Morgan fingerprint density at radius 3 is 2.12 bits per heavy atom. The van der Waals surface area contributed by atoms with Crippen molar-refractivity contribution in [1.82, 2.24) is 10.2 Å². The van der Waals surface area contributed by atoms with Gasteiger partial charge in [-0.05, 0) is 65.8 Å². The summed E-state index contributed by atoms with van der Waals surface area (Å²) in [7, 11) is 0. The van der Waals surface area contributed by atoms with Gasteiger partial charge in [-0.3, -0.25) is 4.79 Å². The van der Waals surface area contributed by atoms with Gasteiger partial charge in [-0.15, -0.1) is 12.4 Å². The number of fused-ring (bicyclic) bond motifs is 2. The van der Waals surface area contributed by atoms with Gasteiger partial charge in [-0.2, -0.15) is 0 Å². The van der Waals surface area contributed by atoms with E-state index in [-0.39, 0.29) is 18.3 Å². The molecular formula is C29H30ClN3O. The van der Waals surface area contributed by atoms with Crippen LogP contribution in [0.15, 0.2) is 78.5 Å². The molecular weight excluding hydrogens is 442 g/mol. The molecule has 1 saturated heterocycles. The summed E-state index contributed by atoms with van der Waals surface area (Å²) in [5.74, 6) is -0.0597. The van der Waals surface area contributed by atoms with E-state index in [2.05, 4.69) is 70.9 Å². The van der Waals surface area contributed by atoms with Gasteiger partial charge in [0.05, 0.1) is 0 Å². The van der Waals surface area contributed by atoms with E-state index in [0.29, 0.717) is 17.8 Å². The third-order valence-corrected chi connectivity index (χ3v) is 6.50. The maximum Gasteiger partial charge on any atom is 0.251 e. The van der Waals surface area contributed by atoms with Crippen molar-refractivity contribution in [1.29, 1.82) is 0 Å². The summed E-state index contributed by atoms with van der Waals surface area (Å²) in [6.45, 7) is 2.40. The molecule has 174 valence electrons. The standard InChI is InChI=1S/C29H29N3O.ClH/c30-24-16-14-23(15-17-24)29(33)31-18-20-32-19-6-5-11-27(32)28-25-9-3-1-7-21(25)12-13-22-8-2-4-10-26(22)28;/h1-4,7-10,12-17H,5-6,11,18-20,30H2,(H,31,33);1H. The van der Waals surface area contributed by atoms with Crippen LogP contribution in [0.25, 0.3) is 17.7 Å². The first-order chi connectivity index (χ1) is 16.2. The zero-order chi connectivity index (χ0) is 22.6. The van der Waals surface area contributed by atoms with Crippen LogP contribution in [0.5, 0.6) is 0 Å². The Morgan fingerprint density at radius 1 is 0.853 bits per heavy atom. The summed E-state index contributed by atoms with van der Waals surface area (Å²) in [6, 6.07) is 24.4. The average Bonchev–Trinajstić information content (AvgIpc) is 3.02. The monoisotopic (exact) mass is 471 g/mol. The van der Waals surface area contributed by atoms with E-state index in [1.807, 2.05) is 0 Å². The number of hydrogen-bond acceptors (Lipinski definition) is 3. The van der Waals surface area contributed by atoms with Crippen LogP contribution in [0.1, 0.15) is 51.9 Å². The molecule has 1 amide bonds. The molecule has 2 aliphatic rings. The van der Waals surface area contributed by atoms with E-state index in [4.69, 9.17) is 5.73 Å². The molecule has 0 unspecified atom stereocenters. The van der Waals surface area contributed by atoms with Gasteiger partial charge >= 0.3 is 0 Å². The van der Waals surface area contributed by atoms with E-state index in [9.17, 15) is 4.79 Å². The lowest BCUT2D eigenvalue weighted by atomic mass is 9.89. The number of amides is 1. The predicted octanol–water partition coefficient (Wildman–Crippen LogP) is 5.85. The SMILES string of the molecule is Cl.Nc1ccc(C(=O)NCCN2CCCCC2=C2c3ccccc3C=Cc3ccccc32)cc1. The second kappa shape index (κ2) is 10.6. The topological polar surface area (TPSA) is 58.4 Å². The molecule has 0 aromatic heterocycles. The molecule has 4 nitrogen and oxygen atoms in total. The first-order valence-corrected chi connectivity index (χ1v) is 11.7. The van der Waals surface area contributed by atoms with Crippen molar-refractivity contribution in [2.75, 3.05) is 25.4 Å². The number of benzene rings is 3. The number of halogens is 1. The van der Waals surface area contributed by atoms with Crippen molar-refractivity contribution < 1.29 is 4.79 Å². The van der Waals surface area contributed by atoms with E-state index < -0.39 is 0 Å². The zero-order valence-corrected chi connectivity index (χ0v) is 20.0. The molecule has 34 heavy (non-hydrogen) atoms. The van der Waals surface area contributed by atoms with E-state index in [1.165, 1.54) is 46.4 Å². The van der Waals surface area contributed by atoms with Crippen LogP contribution >= 0.6 is 12.4 Å². The van der Waals surface area contributed by atoms with Crippen LogP contribution in [0.2, 0.25) is 0 Å². The minimum absolute atomic E-state index is 0. The normalized spacial score (nSPS) is 14.5. The van der Waals surface area contributed by atoms with Crippen molar-refractivity contribution in [3.05, 3.63) is 106 Å². The summed E-state index contributed by atoms with van der Waals surface area (Å²) < 4.78 is 0. The number of hydrogen-bond donors (Lipinski definition) is 2. The largest absolute Gasteiger partial charge is 0.399 e. The molecule has 1 fully saturated rings. The predicted molar refractivity (Wildman–Crippen MR) is 144 cm³/mol. The lowest BCUT2D eigenvalue weighted by Crippen LogP contribution is -2.37. The fourth-order valence-corrected chi connectivity index (χ4v) is 4.83. The van der Waals surface area contributed by atoms with Gasteiger partial charge in [0.25, 0.3) is 5.91 Å². The molecule has 3 aromatic carbocycles. The van der Waals surface area contributed by atoms with Gasteiger partial charge in [-0.1, -0.05) is 60.7 Å². The highest BCUT2D eigenvalue weighted by Crippen LogP contribution is 2.39. The van der Waals surface area contributed by atoms with Crippen LogP contribution in [0.4, 0.5) is 5.69 Å². The van der Waals surface area contributed by atoms with Gasteiger partial charge in [0, 0.05) is 42.2 Å². The molecule has 1 aliphatic carbocycles. The van der Waals surface area contributed by atoms with Crippen molar-refractivity contribution in [2.24, 2.45) is 0 Å². The van der Waals surface area contributed by atoms with E-state index in [0.717, 1.165) is 19.5 Å². The van der Waals surface area contributed by atoms with Gasteiger partial charge in [0.2, 0.25) is 0 Å². The number of anilines is 1. The number of nitrogen functional groups attached to an aromatic ring is 1. The Kier molecular flexibility index (Phi) is 7.39. The van der Waals surface area contributed by atoms with Crippen LogP contribution in [0.3, 0.4) is 0 Å². The molecule has 0 spiro atoms. The molecule has 0 atom stereocenters. The molecule has 0 saturated carbocycles. The van der Waals surface area contributed by atoms with Gasteiger partial charge in [0.15, 0.2) is 0 Å². The number of likely N-dealkylation sites (tertiary alicyclic amines) is 1. The second-order valence-electron chi connectivity index (χ2n) is 8.65. The number of nitrogens with one attached hydrogen (secondary N) is 1. The molecule has 0 bridgehead atoms. The van der Waals surface area contributed by atoms with Crippen molar-refractivity contribution in [3.8, 4) is 0 Å². The molecule has 3 aromatic rings. The lowest BCUT2D eigenvalue weighted by Gasteiger charge is -2.34.